The standard InChI is InChI=1S/C16H18N2O4S/c1-11(2)13-4-6-14(7-5-13)23(21,22)18-17-10-12-3-8-15(19)16(20)9-12/h3-11,18-20H,1-2H3/b17-10-. The van der Waals surface area contributed by atoms with E-state index in [-0.39, 0.29) is 16.4 Å². The van der Waals surface area contributed by atoms with Gasteiger partial charge in [0.25, 0.3) is 10.0 Å². The van der Waals surface area contributed by atoms with Crippen molar-refractivity contribution in [3.05, 3.63) is 53.6 Å². The fraction of sp³-hybridized carbons (Fsp3) is 0.188. The minimum absolute atomic E-state index is 0.118. The van der Waals surface area contributed by atoms with Crippen LogP contribution in [0.1, 0.15) is 30.9 Å². The predicted molar refractivity (Wildman–Crippen MR) is 88.2 cm³/mol. The van der Waals surface area contributed by atoms with Crippen LogP contribution in [0.5, 0.6) is 11.5 Å². The van der Waals surface area contributed by atoms with Crippen LogP contribution in [0.4, 0.5) is 0 Å². The highest BCUT2D eigenvalue weighted by Gasteiger charge is 2.12. The lowest BCUT2D eigenvalue weighted by Gasteiger charge is -2.07. The Kier molecular flexibility index (Phi) is 4.90. The number of benzene rings is 2. The maximum absolute atomic E-state index is 12.1. The molecule has 0 atom stereocenters. The van der Waals surface area contributed by atoms with E-state index in [0.717, 1.165) is 5.56 Å². The molecule has 0 aliphatic carbocycles. The third-order valence-corrected chi connectivity index (χ3v) is 4.48. The van der Waals surface area contributed by atoms with Gasteiger partial charge in [0.05, 0.1) is 11.1 Å². The molecule has 0 spiro atoms. The summed E-state index contributed by atoms with van der Waals surface area (Å²) in [6.07, 6.45) is 1.24. The third kappa shape index (κ3) is 4.23. The summed E-state index contributed by atoms with van der Waals surface area (Å²) in [6, 6.07) is 10.6. The number of phenolic OH excluding ortho intramolecular Hbond substituents is 2. The van der Waals surface area contributed by atoms with Gasteiger partial charge in [-0.1, -0.05) is 26.0 Å². The molecule has 0 amide bonds. The van der Waals surface area contributed by atoms with Gasteiger partial charge in [0.2, 0.25) is 0 Å². The molecule has 2 rings (SSSR count). The highest BCUT2D eigenvalue weighted by Crippen LogP contribution is 2.24. The van der Waals surface area contributed by atoms with Crippen molar-refractivity contribution in [1.29, 1.82) is 0 Å². The average molecular weight is 334 g/mol. The smallest absolute Gasteiger partial charge is 0.276 e. The number of rotatable bonds is 5. The van der Waals surface area contributed by atoms with Crippen LogP contribution in [0.25, 0.3) is 0 Å². The quantitative estimate of drug-likeness (QED) is 0.444. The van der Waals surface area contributed by atoms with E-state index in [2.05, 4.69) is 9.93 Å². The number of phenols is 2. The van der Waals surface area contributed by atoms with E-state index in [1.165, 1.54) is 36.5 Å². The molecular weight excluding hydrogens is 316 g/mol. The second-order valence-corrected chi connectivity index (χ2v) is 6.99. The van der Waals surface area contributed by atoms with E-state index in [4.69, 9.17) is 0 Å². The summed E-state index contributed by atoms with van der Waals surface area (Å²) < 4.78 is 24.2. The van der Waals surface area contributed by atoms with E-state index in [0.29, 0.717) is 11.5 Å². The van der Waals surface area contributed by atoms with Crippen molar-refractivity contribution in [2.24, 2.45) is 5.10 Å². The molecule has 122 valence electrons. The van der Waals surface area contributed by atoms with Crippen molar-refractivity contribution >= 4 is 16.2 Å². The molecule has 0 saturated carbocycles. The van der Waals surface area contributed by atoms with Gasteiger partial charge in [-0.2, -0.15) is 13.5 Å². The molecule has 0 bridgehead atoms. The summed E-state index contributed by atoms with van der Waals surface area (Å²) in [5, 5.41) is 22.2. The topological polar surface area (TPSA) is 99.0 Å². The molecule has 0 aromatic heterocycles. The lowest BCUT2D eigenvalue weighted by Crippen LogP contribution is -2.18. The minimum Gasteiger partial charge on any atom is -0.504 e. The largest absolute Gasteiger partial charge is 0.504 e. The summed E-state index contributed by atoms with van der Waals surface area (Å²) in [5.41, 5.74) is 1.49. The Morgan fingerprint density at radius 3 is 2.26 bits per heavy atom. The first kappa shape index (κ1) is 16.8. The van der Waals surface area contributed by atoms with E-state index in [9.17, 15) is 18.6 Å². The number of hydrazone groups is 1. The Hall–Kier alpha value is -2.54. The summed E-state index contributed by atoms with van der Waals surface area (Å²) in [5.74, 6) is -0.242. The minimum atomic E-state index is -3.75. The normalized spacial score (nSPS) is 12.0. The third-order valence-electron chi connectivity index (χ3n) is 3.24. The van der Waals surface area contributed by atoms with Gasteiger partial charge in [0.15, 0.2) is 11.5 Å². The van der Waals surface area contributed by atoms with Crippen molar-refractivity contribution in [2.75, 3.05) is 0 Å². The number of sulfonamides is 1. The summed E-state index contributed by atoms with van der Waals surface area (Å²) >= 11 is 0. The zero-order valence-electron chi connectivity index (χ0n) is 12.8. The van der Waals surface area contributed by atoms with Gasteiger partial charge in [-0.3, -0.25) is 0 Å². The average Bonchev–Trinajstić information content (AvgIpc) is 2.51. The van der Waals surface area contributed by atoms with Crippen LogP contribution in [0, 0.1) is 0 Å². The fourth-order valence-electron chi connectivity index (χ4n) is 1.88. The van der Waals surface area contributed by atoms with Crippen LogP contribution in [0.3, 0.4) is 0 Å². The number of aromatic hydroxyl groups is 2. The van der Waals surface area contributed by atoms with Crippen molar-refractivity contribution < 1.29 is 18.6 Å². The number of nitrogens with zero attached hydrogens (tertiary/aromatic N) is 1. The molecule has 0 fully saturated rings. The fourth-order valence-corrected chi connectivity index (χ4v) is 2.67. The predicted octanol–water partition coefficient (Wildman–Crippen LogP) is 2.53. The molecule has 0 aliphatic heterocycles. The lowest BCUT2D eigenvalue weighted by atomic mass is 10.0. The van der Waals surface area contributed by atoms with Crippen LogP contribution in [0.2, 0.25) is 0 Å². The van der Waals surface area contributed by atoms with E-state index in [1.807, 2.05) is 13.8 Å². The number of hydrogen-bond donors (Lipinski definition) is 3. The van der Waals surface area contributed by atoms with Gasteiger partial charge >= 0.3 is 0 Å². The summed E-state index contributed by atoms with van der Waals surface area (Å²) in [7, 11) is -3.75. The van der Waals surface area contributed by atoms with E-state index in [1.54, 1.807) is 12.1 Å². The molecule has 7 heteroatoms. The zero-order chi connectivity index (χ0) is 17.0. The van der Waals surface area contributed by atoms with Crippen LogP contribution >= 0.6 is 0 Å². The van der Waals surface area contributed by atoms with Crippen molar-refractivity contribution in [3.63, 3.8) is 0 Å². The van der Waals surface area contributed by atoms with Crippen molar-refractivity contribution in [3.8, 4) is 11.5 Å². The number of nitrogens with one attached hydrogen (secondary N) is 1. The van der Waals surface area contributed by atoms with Crippen LogP contribution in [0.15, 0.2) is 52.5 Å². The molecule has 0 unspecified atom stereocenters. The molecule has 0 saturated heterocycles. The van der Waals surface area contributed by atoms with Gasteiger partial charge in [-0.05, 0) is 47.4 Å². The van der Waals surface area contributed by atoms with Crippen molar-refractivity contribution in [1.82, 2.24) is 4.83 Å². The van der Waals surface area contributed by atoms with Gasteiger partial charge in [-0.15, -0.1) is 0 Å². The Bertz CT molecular complexity index is 812. The highest BCUT2D eigenvalue weighted by molar-refractivity contribution is 7.89. The van der Waals surface area contributed by atoms with E-state index < -0.39 is 10.0 Å². The first-order valence-electron chi connectivity index (χ1n) is 6.96. The highest BCUT2D eigenvalue weighted by atomic mass is 32.2. The molecule has 3 N–H and O–H groups in total. The van der Waals surface area contributed by atoms with E-state index >= 15 is 0 Å². The van der Waals surface area contributed by atoms with Crippen LogP contribution < -0.4 is 4.83 Å². The first-order valence-corrected chi connectivity index (χ1v) is 8.45. The number of hydrogen-bond acceptors (Lipinski definition) is 5. The van der Waals surface area contributed by atoms with Crippen LogP contribution in [-0.4, -0.2) is 24.8 Å². The second kappa shape index (κ2) is 6.70. The second-order valence-electron chi connectivity index (χ2n) is 5.32. The maximum atomic E-state index is 12.1. The lowest BCUT2D eigenvalue weighted by molar-refractivity contribution is 0.403. The molecule has 0 heterocycles. The Balaban J connectivity index is 2.11. The van der Waals surface area contributed by atoms with Crippen LogP contribution in [-0.2, 0) is 10.0 Å². The first-order chi connectivity index (χ1) is 10.8. The molecule has 0 aliphatic rings. The van der Waals surface area contributed by atoms with Gasteiger partial charge in [0.1, 0.15) is 0 Å². The zero-order valence-corrected chi connectivity index (χ0v) is 13.6. The SMILES string of the molecule is CC(C)c1ccc(S(=O)(=O)N/N=C\c2ccc(O)c(O)c2)cc1. The Morgan fingerprint density at radius 1 is 1.04 bits per heavy atom. The van der Waals surface area contributed by atoms with Gasteiger partial charge in [0, 0.05) is 0 Å². The molecule has 2 aromatic carbocycles. The molecule has 6 nitrogen and oxygen atoms in total. The summed E-state index contributed by atoms with van der Waals surface area (Å²) in [6.45, 7) is 4.05. The summed E-state index contributed by atoms with van der Waals surface area (Å²) in [4.78, 5) is 2.22. The Morgan fingerprint density at radius 2 is 1.70 bits per heavy atom. The van der Waals surface area contributed by atoms with Gasteiger partial charge < -0.3 is 10.2 Å². The molecule has 23 heavy (non-hydrogen) atoms. The molecule has 2 aromatic rings. The van der Waals surface area contributed by atoms with Gasteiger partial charge in [-0.25, -0.2) is 4.83 Å². The Labute approximate surface area is 135 Å². The molecule has 0 radical (unpaired) electrons. The van der Waals surface area contributed by atoms with Crippen molar-refractivity contribution in [2.45, 2.75) is 24.7 Å². The molecular formula is C16H18N2O4S. The monoisotopic (exact) mass is 334 g/mol. The maximum Gasteiger partial charge on any atom is 0.276 e.